The van der Waals surface area contributed by atoms with Crippen molar-refractivity contribution in [1.82, 2.24) is 21.0 Å². The second-order valence-corrected chi connectivity index (χ2v) is 8.79. The van der Waals surface area contributed by atoms with E-state index in [0.29, 0.717) is 12.2 Å². The molecule has 11 heteroatoms. The smallest absolute Gasteiger partial charge is 0.268 e. The maximum atomic E-state index is 12.4. The van der Waals surface area contributed by atoms with E-state index in [1.807, 2.05) is 17.0 Å². The predicted molar refractivity (Wildman–Crippen MR) is 132 cm³/mol. The van der Waals surface area contributed by atoms with Gasteiger partial charge in [-0.05, 0) is 48.7 Å². The first-order chi connectivity index (χ1) is 17.2. The van der Waals surface area contributed by atoms with E-state index in [9.17, 15) is 24.3 Å². The van der Waals surface area contributed by atoms with Crippen LogP contribution in [0.1, 0.15) is 30.6 Å². The molecule has 6 N–H and O–H groups in total. The Bertz CT molecular complexity index is 1090. The first-order valence-corrected chi connectivity index (χ1v) is 11.6. The van der Waals surface area contributed by atoms with Gasteiger partial charge in [-0.2, -0.15) is 0 Å². The van der Waals surface area contributed by atoms with Crippen molar-refractivity contribution in [2.24, 2.45) is 0 Å². The third-order valence-corrected chi connectivity index (χ3v) is 5.86. The molecule has 1 fully saturated rings. The molecule has 2 aromatic carbocycles. The van der Waals surface area contributed by atoms with Gasteiger partial charge in [0.05, 0.1) is 12.6 Å². The second kappa shape index (κ2) is 12.2. The molecule has 2 aromatic rings. The standard InChI is InChI=1S/C25H31N5O6/c1-15(31)23(25(35)29-36)28-24(34)19-5-3-17(4-6-19)18-7-9-20(10-8-18)27-22(33)14-30-12-11-21(13-30)26-16(2)32/h3-10,15,21,23,31,36H,11-14H2,1-2H3,(H,26,32)(H,27,33)(H,28,34)(H,29,35)/t15-,21?,23+/m1/s1. The highest BCUT2D eigenvalue weighted by molar-refractivity contribution is 5.98. The number of aliphatic hydroxyl groups excluding tert-OH is 1. The van der Waals surface area contributed by atoms with Crippen LogP contribution in [-0.4, -0.2) is 76.7 Å². The lowest BCUT2D eigenvalue weighted by molar-refractivity contribution is -0.133. The number of anilines is 1. The number of aliphatic hydroxyl groups is 1. The maximum absolute atomic E-state index is 12.4. The third kappa shape index (κ3) is 7.35. The normalized spacial score (nSPS) is 17.1. The summed E-state index contributed by atoms with van der Waals surface area (Å²) in [6, 6.07) is 12.7. The Hall–Kier alpha value is -3.80. The van der Waals surface area contributed by atoms with Crippen LogP contribution in [0.5, 0.6) is 0 Å². The average Bonchev–Trinajstić information content (AvgIpc) is 3.27. The monoisotopic (exact) mass is 497 g/mol. The summed E-state index contributed by atoms with van der Waals surface area (Å²) in [5.41, 5.74) is 4.07. The van der Waals surface area contributed by atoms with Gasteiger partial charge in [0.25, 0.3) is 11.8 Å². The minimum absolute atomic E-state index is 0.0682. The molecule has 0 spiro atoms. The number of rotatable bonds is 9. The molecule has 0 bridgehead atoms. The van der Waals surface area contributed by atoms with Gasteiger partial charge in [0.15, 0.2) is 0 Å². The lowest BCUT2D eigenvalue weighted by Gasteiger charge is -2.19. The number of carbonyl (C=O) groups is 4. The largest absolute Gasteiger partial charge is 0.391 e. The number of hydrogen-bond acceptors (Lipinski definition) is 7. The number of hydroxylamine groups is 1. The van der Waals surface area contributed by atoms with Crippen LogP contribution >= 0.6 is 0 Å². The summed E-state index contributed by atoms with van der Waals surface area (Å²) >= 11 is 0. The van der Waals surface area contributed by atoms with Crippen molar-refractivity contribution in [2.45, 2.75) is 38.5 Å². The molecule has 4 amide bonds. The van der Waals surface area contributed by atoms with E-state index in [2.05, 4.69) is 16.0 Å². The van der Waals surface area contributed by atoms with Crippen LogP contribution in [0.2, 0.25) is 0 Å². The predicted octanol–water partition coefficient (Wildman–Crippen LogP) is 0.487. The molecule has 1 saturated heterocycles. The zero-order valence-corrected chi connectivity index (χ0v) is 20.2. The summed E-state index contributed by atoms with van der Waals surface area (Å²) in [5.74, 6) is -1.69. The van der Waals surface area contributed by atoms with Crippen LogP contribution in [0.15, 0.2) is 48.5 Å². The fourth-order valence-electron chi connectivity index (χ4n) is 4.04. The molecule has 1 heterocycles. The highest BCUT2D eigenvalue weighted by atomic mass is 16.5. The third-order valence-electron chi connectivity index (χ3n) is 5.86. The molecule has 0 aliphatic carbocycles. The maximum Gasteiger partial charge on any atom is 0.268 e. The molecular weight excluding hydrogens is 466 g/mol. The Morgan fingerprint density at radius 1 is 1.03 bits per heavy atom. The van der Waals surface area contributed by atoms with E-state index in [0.717, 1.165) is 24.1 Å². The van der Waals surface area contributed by atoms with E-state index in [-0.39, 0.29) is 30.0 Å². The molecule has 1 aliphatic heterocycles. The van der Waals surface area contributed by atoms with E-state index >= 15 is 0 Å². The minimum Gasteiger partial charge on any atom is -0.391 e. The van der Waals surface area contributed by atoms with E-state index in [4.69, 9.17) is 5.21 Å². The van der Waals surface area contributed by atoms with Crippen LogP contribution in [0.3, 0.4) is 0 Å². The van der Waals surface area contributed by atoms with Crippen molar-refractivity contribution in [3.8, 4) is 11.1 Å². The molecule has 0 saturated carbocycles. The van der Waals surface area contributed by atoms with Gasteiger partial charge in [-0.15, -0.1) is 0 Å². The van der Waals surface area contributed by atoms with Crippen molar-refractivity contribution >= 4 is 29.3 Å². The van der Waals surface area contributed by atoms with Gasteiger partial charge in [-0.25, -0.2) is 5.48 Å². The van der Waals surface area contributed by atoms with Crippen LogP contribution in [0, 0.1) is 0 Å². The summed E-state index contributed by atoms with van der Waals surface area (Å²) in [6.07, 6.45) is -0.378. The minimum atomic E-state index is -1.30. The van der Waals surface area contributed by atoms with Gasteiger partial charge < -0.3 is 21.1 Å². The van der Waals surface area contributed by atoms with E-state index in [1.165, 1.54) is 19.3 Å². The Kier molecular flexibility index (Phi) is 9.12. The molecule has 3 atom stereocenters. The zero-order valence-electron chi connectivity index (χ0n) is 20.2. The van der Waals surface area contributed by atoms with Gasteiger partial charge in [0.1, 0.15) is 6.04 Å². The molecular formula is C25H31N5O6. The number of benzene rings is 2. The molecule has 11 nitrogen and oxygen atoms in total. The first kappa shape index (κ1) is 26.8. The van der Waals surface area contributed by atoms with Gasteiger partial charge in [0.2, 0.25) is 11.8 Å². The number of nitrogens with one attached hydrogen (secondary N) is 4. The highest BCUT2D eigenvalue weighted by Gasteiger charge is 2.26. The number of hydrogen-bond donors (Lipinski definition) is 6. The van der Waals surface area contributed by atoms with Crippen LogP contribution in [0.4, 0.5) is 5.69 Å². The van der Waals surface area contributed by atoms with Crippen molar-refractivity contribution in [3.63, 3.8) is 0 Å². The van der Waals surface area contributed by atoms with Gasteiger partial charge in [-0.1, -0.05) is 24.3 Å². The Balaban J connectivity index is 1.54. The molecule has 0 radical (unpaired) electrons. The van der Waals surface area contributed by atoms with Crippen LogP contribution in [-0.2, 0) is 14.4 Å². The van der Waals surface area contributed by atoms with Crippen molar-refractivity contribution < 1.29 is 29.5 Å². The average molecular weight is 498 g/mol. The lowest BCUT2D eigenvalue weighted by atomic mass is 10.0. The van der Waals surface area contributed by atoms with Crippen molar-refractivity contribution in [2.75, 3.05) is 25.0 Å². The fraction of sp³-hybridized carbons (Fsp3) is 0.360. The highest BCUT2D eigenvalue weighted by Crippen LogP contribution is 2.22. The fourth-order valence-corrected chi connectivity index (χ4v) is 4.04. The molecule has 0 aromatic heterocycles. The lowest BCUT2D eigenvalue weighted by Crippen LogP contribution is -2.51. The summed E-state index contributed by atoms with van der Waals surface area (Å²) in [4.78, 5) is 49.6. The van der Waals surface area contributed by atoms with E-state index in [1.54, 1.807) is 36.4 Å². The van der Waals surface area contributed by atoms with Gasteiger partial charge in [0, 0.05) is 37.3 Å². The van der Waals surface area contributed by atoms with Crippen molar-refractivity contribution in [3.05, 3.63) is 54.1 Å². The Morgan fingerprint density at radius 3 is 2.19 bits per heavy atom. The quantitative estimate of drug-likeness (QED) is 0.217. The summed E-state index contributed by atoms with van der Waals surface area (Å²) in [6.45, 7) is 4.45. The van der Waals surface area contributed by atoms with Crippen LogP contribution in [0.25, 0.3) is 11.1 Å². The number of amides is 4. The summed E-state index contributed by atoms with van der Waals surface area (Å²) in [5, 5.41) is 26.6. The Morgan fingerprint density at radius 2 is 1.64 bits per heavy atom. The van der Waals surface area contributed by atoms with E-state index < -0.39 is 24.0 Å². The summed E-state index contributed by atoms with van der Waals surface area (Å²) in [7, 11) is 0. The molecule has 3 rings (SSSR count). The van der Waals surface area contributed by atoms with Gasteiger partial charge >= 0.3 is 0 Å². The Labute approximate surface area is 208 Å². The molecule has 1 aliphatic rings. The zero-order chi connectivity index (χ0) is 26.2. The molecule has 1 unspecified atom stereocenters. The molecule has 192 valence electrons. The first-order valence-electron chi connectivity index (χ1n) is 11.6. The molecule has 36 heavy (non-hydrogen) atoms. The number of likely N-dealkylation sites (tertiary alicyclic amines) is 1. The SMILES string of the molecule is CC(=O)NC1CCN(CC(=O)Nc2ccc(-c3ccc(C(=O)N[C@H](C(=O)NO)[C@@H](C)O)cc3)cc2)C1. The summed E-state index contributed by atoms with van der Waals surface area (Å²) < 4.78 is 0. The number of carbonyl (C=O) groups excluding carboxylic acids is 4. The second-order valence-electron chi connectivity index (χ2n) is 8.79. The van der Waals surface area contributed by atoms with Crippen molar-refractivity contribution in [1.29, 1.82) is 0 Å². The van der Waals surface area contributed by atoms with Crippen LogP contribution < -0.4 is 21.4 Å². The topological polar surface area (TPSA) is 160 Å². The van der Waals surface area contributed by atoms with Gasteiger partial charge in [-0.3, -0.25) is 29.3 Å². The number of nitrogens with zero attached hydrogens (tertiary/aromatic N) is 1.